The van der Waals surface area contributed by atoms with Crippen LogP contribution in [0, 0.1) is 0 Å². The zero-order valence-corrected chi connectivity index (χ0v) is 12.4. The predicted molar refractivity (Wildman–Crippen MR) is 83.5 cm³/mol. The number of ether oxygens (including phenoxy) is 1. The fourth-order valence-corrected chi connectivity index (χ4v) is 3.18. The lowest BCUT2D eigenvalue weighted by atomic mass is 10.0. The van der Waals surface area contributed by atoms with E-state index in [1.807, 2.05) is 6.07 Å². The van der Waals surface area contributed by atoms with Crippen LogP contribution in [-0.4, -0.2) is 17.5 Å². The van der Waals surface area contributed by atoms with Crippen molar-refractivity contribution in [2.45, 2.75) is 0 Å². The van der Waals surface area contributed by atoms with Crippen LogP contribution in [0.2, 0.25) is 0 Å². The second kappa shape index (κ2) is 5.18. The van der Waals surface area contributed by atoms with Crippen molar-refractivity contribution < 1.29 is 9.53 Å². The molecule has 1 heterocycles. The molecular formula is C16H13NO3S. The van der Waals surface area contributed by atoms with Crippen molar-refractivity contribution in [2.24, 2.45) is 7.05 Å². The van der Waals surface area contributed by atoms with Gasteiger partial charge in [0.1, 0.15) is 5.75 Å². The third-order valence-corrected chi connectivity index (χ3v) is 4.40. The summed E-state index contributed by atoms with van der Waals surface area (Å²) < 4.78 is 7.62. The Kier molecular flexibility index (Phi) is 3.35. The minimum Gasteiger partial charge on any atom is -0.496 e. The van der Waals surface area contributed by atoms with Gasteiger partial charge in [-0.3, -0.25) is 9.59 Å². The van der Waals surface area contributed by atoms with E-state index in [4.69, 9.17) is 4.74 Å². The standard InChI is InChI=1S/C16H13NO3S/c1-17-12-8-7-10(9-14(12)21-16(17)19)15(18)11-5-3-4-6-13(11)20-2/h3-9H,1-2H3. The summed E-state index contributed by atoms with van der Waals surface area (Å²) in [5.74, 6) is 0.432. The number of hydrogen-bond donors (Lipinski definition) is 0. The van der Waals surface area contributed by atoms with E-state index in [-0.39, 0.29) is 10.7 Å². The summed E-state index contributed by atoms with van der Waals surface area (Å²) in [5.41, 5.74) is 1.90. The largest absolute Gasteiger partial charge is 0.496 e. The van der Waals surface area contributed by atoms with Gasteiger partial charge in [-0.05, 0) is 30.3 Å². The maximum Gasteiger partial charge on any atom is 0.307 e. The number of nitrogens with zero attached hydrogens (tertiary/aromatic N) is 1. The molecule has 2 aromatic carbocycles. The van der Waals surface area contributed by atoms with Gasteiger partial charge in [0.05, 0.1) is 22.9 Å². The molecule has 3 aromatic rings. The molecule has 0 aliphatic rings. The lowest BCUT2D eigenvalue weighted by Crippen LogP contribution is -2.06. The summed E-state index contributed by atoms with van der Waals surface area (Å²) in [7, 11) is 3.27. The van der Waals surface area contributed by atoms with Gasteiger partial charge in [0, 0.05) is 12.6 Å². The molecule has 5 heteroatoms. The molecule has 0 saturated carbocycles. The number of carbonyl (C=O) groups excluding carboxylic acids is 1. The second-order valence-corrected chi connectivity index (χ2v) is 5.63. The number of aromatic nitrogens is 1. The Balaban J connectivity index is 2.11. The number of hydrogen-bond acceptors (Lipinski definition) is 4. The quantitative estimate of drug-likeness (QED) is 0.699. The molecule has 21 heavy (non-hydrogen) atoms. The molecule has 0 amide bonds. The Labute approximate surface area is 125 Å². The minimum absolute atomic E-state index is 0.0353. The Hall–Kier alpha value is -2.40. The summed E-state index contributed by atoms with van der Waals surface area (Å²) in [4.78, 5) is 24.2. The average Bonchev–Trinajstić information content (AvgIpc) is 2.80. The van der Waals surface area contributed by atoms with Crippen molar-refractivity contribution in [2.75, 3.05) is 7.11 Å². The van der Waals surface area contributed by atoms with Gasteiger partial charge in [-0.25, -0.2) is 0 Å². The molecular weight excluding hydrogens is 286 g/mol. The Morgan fingerprint density at radius 1 is 1.19 bits per heavy atom. The number of fused-ring (bicyclic) bond motifs is 1. The lowest BCUT2D eigenvalue weighted by Gasteiger charge is -2.07. The van der Waals surface area contributed by atoms with Crippen molar-refractivity contribution in [3.8, 4) is 5.75 Å². The minimum atomic E-state index is -0.113. The van der Waals surface area contributed by atoms with Crippen molar-refractivity contribution >= 4 is 27.3 Å². The molecule has 0 fully saturated rings. The molecule has 0 spiro atoms. The van der Waals surface area contributed by atoms with E-state index in [1.54, 1.807) is 48.0 Å². The molecule has 0 unspecified atom stereocenters. The van der Waals surface area contributed by atoms with Crippen LogP contribution in [0.15, 0.2) is 47.3 Å². The van der Waals surface area contributed by atoms with Gasteiger partial charge in [0.2, 0.25) is 0 Å². The number of aryl methyl sites for hydroxylation is 1. The van der Waals surface area contributed by atoms with Crippen LogP contribution < -0.4 is 9.61 Å². The highest BCUT2D eigenvalue weighted by atomic mass is 32.1. The van der Waals surface area contributed by atoms with Crippen molar-refractivity contribution in [1.29, 1.82) is 0 Å². The van der Waals surface area contributed by atoms with E-state index in [9.17, 15) is 9.59 Å². The third-order valence-electron chi connectivity index (χ3n) is 3.41. The molecule has 3 rings (SSSR count). The maximum absolute atomic E-state index is 12.6. The molecule has 106 valence electrons. The molecule has 0 radical (unpaired) electrons. The Bertz CT molecular complexity index is 892. The van der Waals surface area contributed by atoms with Gasteiger partial charge in [-0.15, -0.1) is 0 Å². The first kappa shape index (κ1) is 13.6. The van der Waals surface area contributed by atoms with Gasteiger partial charge < -0.3 is 9.30 Å². The number of benzene rings is 2. The van der Waals surface area contributed by atoms with Crippen LogP contribution in [0.3, 0.4) is 0 Å². The molecule has 0 saturated heterocycles. The third kappa shape index (κ3) is 2.25. The lowest BCUT2D eigenvalue weighted by molar-refractivity contribution is 0.103. The fraction of sp³-hybridized carbons (Fsp3) is 0.125. The second-order valence-electron chi connectivity index (χ2n) is 4.64. The normalized spacial score (nSPS) is 10.8. The predicted octanol–water partition coefficient (Wildman–Crippen LogP) is 2.84. The molecule has 0 N–H and O–H groups in total. The first-order valence-corrected chi connectivity index (χ1v) is 7.21. The van der Waals surface area contributed by atoms with E-state index >= 15 is 0 Å². The van der Waals surface area contributed by atoms with Crippen molar-refractivity contribution in [3.63, 3.8) is 0 Å². The van der Waals surface area contributed by atoms with E-state index in [0.29, 0.717) is 16.9 Å². The summed E-state index contributed by atoms with van der Waals surface area (Å²) in [5, 5.41) is 0. The average molecular weight is 299 g/mol. The van der Waals surface area contributed by atoms with Crippen molar-refractivity contribution in [3.05, 3.63) is 63.3 Å². The number of rotatable bonds is 3. The van der Waals surface area contributed by atoms with E-state index < -0.39 is 0 Å². The van der Waals surface area contributed by atoms with Gasteiger partial charge in [0.25, 0.3) is 0 Å². The van der Waals surface area contributed by atoms with Crippen LogP contribution in [0.1, 0.15) is 15.9 Å². The summed E-state index contributed by atoms with van der Waals surface area (Å²) in [6.07, 6.45) is 0. The van der Waals surface area contributed by atoms with E-state index in [1.165, 1.54) is 7.11 Å². The SMILES string of the molecule is COc1ccccc1C(=O)c1ccc2c(c1)sc(=O)n2C. The summed E-state index contributed by atoms with van der Waals surface area (Å²) in [6, 6.07) is 12.4. The fourth-order valence-electron chi connectivity index (χ4n) is 2.26. The molecule has 0 aliphatic carbocycles. The summed E-state index contributed by atoms with van der Waals surface area (Å²) >= 11 is 1.14. The molecule has 0 atom stereocenters. The van der Waals surface area contributed by atoms with Crippen LogP contribution in [0.5, 0.6) is 5.75 Å². The van der Waals surface area contributed by atoms with Crippen LogP contribution in [0.25, 0.3) is 10.2 Å². The van der Waals surface area contributed by atoms with Gasteiger partial charge >= 0.3 is 4.87 Å². The molecule has 1 aromatic heterocycles. The number of carbonyl (C=O) groups is 1. The first-order valence-electron chi connectivity index (χ1n) is 6.39. The monoisotopic (exact) mass is 299 g/mol. The highest BCUT2D eigenvalue weighted by Gasteiger charge is 2.15. The zero-order chi connectivity index (χ0) is 15.0. The zero-order valence-electron chi connectivity index (χ0n) is 11.6. The highest BCUT2D eigenvalue weighted by Crippen LogP contribution is 2.24. The number of para-hydroxylation sites is 1. The molecule has 4 nitrogen and oxygen atoms in total. The first-order chi connectivity index (χ1) is 10.1. The van der Waals surface area contributed by atoms with E-state index in [2.05, 4.69) is 0 Å². The van der Waals surface area contributed by atoms with Gasteiger partial charge in [-0.2, -0.15) is 0 Å². The van der Waals surface area contributed by atoms with Crippen LogP contribution in [-0.2, 0) is 7.05 Å². The number of thiazole rings is 1. The smallest absolute Gasteiger partial charge is 0.307 e. The topological polar surface area (TPSA) is 48.3 Å². The number of methoxy groups -OCH3 is 1. The van der Waals surface area contributed by atoms with Crippen LogP contribution in [0.4, 0.5) is 0 Å². The molecule has 0 bridgehead atoms. The molecule has 0 aliphatic heterocycles. The van der Waals surface area contributed by atoms with Crippen LogP contribution >= 0.6 is 11.3 Å². The Morgan fingerprint density at radius 3 is 2.71 bits per heavy atom. The van der Waals surface area contributed by atoms with Gasteiger partial charge in [0.15, 0.2) is 5.78 Å². The summed E-state index contributed by atoms with van der Waals surface area (Å²) in [6.45, 7) is 0. The van der Waals surface area contributed by atoms with Gasteiger partial charge in [-0.1, -0.05) is 23.5 Å². The van der Waals surface area contributed by atoms with E-state index in [0.717, 1.165) is 21.6 Å². The highest BCUT2D eigenvalue weighted by molar-refractivity contribution is 7.16. The van der Waals surface area contributed by atoms with Crippen molar-refractivity contribution in [1.82, 2.24) is 4.57 Å². The maximum atomic E-state index is 12.6. The Morgan fingerprint density at radius 2 is 1.95 bits per heavy atom. The number of ketones is 1.